The quantitative estimate of drug-likeness (QED) is 0.742. The lowest BCUT2D eigenvalue weighted by Gasteiger charge is -2.30. The van der Waals surface area contributed by atoms with Gasteiger partial charge in [0.15, 0.2) is 0 Å². The Kier molecular flexibility index (Phi) is 4.66. The van der Waals surface area contributed by atoms with Gasteiger partial charge in [-0.05, 0) is 49.7 Å². The van der Waals surface area contributed by atoms with Gasteiger partial charge in [0.1, 0.15) is 11.6 Å². The lowest BCUT2D eigenvalue weighted by atomic mass is 10.1. The number of aromatic nitrogens is 1. The van der Waals surface area contributed by atoms with E-state index in [4.69, 9.17) is 4.74 Å². The molecule has 6 heteroatoms. The molecular weight excluding hydrogens is 350 g/mol. The van der Waals surface area contributed by atoms with Crippen LogP contribution in [0, 0.1) is 11.6 Å². The third kappa shape index (κ3) is 3.57. The molecule has 0 spiro atoms. The van der Waals surface area contributed by atoms with Crippen molar-refractivity contribution in [3.8, 4) is 0 Å². The smallest absolute Gasteiger partial charge is 0.123 e. The van der Waals surface area contributed by atoms with Crippen LogP contribution in [0.15, 0.2) is 36.4 Å². The van der Waals surface area contributed by atoms with Crippen LogP contribution in [0.1, 0.15) is 13.3 Å². The van der Waals surface area contributed by atoms with Crippen molar-refractivity contribution in [2.24, 2.45) is 0 Å². The highest BCUT2D eigenvalue weighted by Gasteiger charge is 2.30. The van der Waals surface area contributed by atoms with E-state index in [0.29, 0.717) is 23.9 Å². The number of fused-ring (bicyclic) bond motifs is 3. The minimum absolute atomic E-state index is 0.208. The van der Waals surface area contributed by atoms with Gasteiger partial charge in [-0.15, -0.1) is 0 Å². The number of benzene rings is 2. The molecule has 1 aliphatic heterocycles. The first-order chi connectivity index (χ1) is 12.9. The SMILES string of the molecule is COC1CCN(CC(C)(O)Cn2c3ccc(F)cc3c3cc(F)ccc32)C1. The van der Waals surface area contributed by atoms with Crippen molar-refractivity contribution in [2.45, 2.75) is 31.6 Å². The summed E-state index contributed by atoms with van der Waals surface area (Å²) in [5.74, 6) is -0.722. The standard InChI is InChI=1S/C21H24F2N2O2/c1-21(26,12-24-8-7-16(11-24)27-2)13-25-19-5-3-14(22)9-17(19)18-10-15(23)4-6-20(18)25/h3-6,9-10,16,26H,7-8,11-13H2,1-2H3. The van der Waals surface area contributed by atoms with Gasteiger partial charge in [-0.2, -0.15) is 0 Å². The van der Waals surface area contributed by atoms with Crippen LogP contribution < -0.4 is 0 Å². The first-order valence-electron chi connectivity index (χ1n) is 9.21. The third-order valence-electron chi connectivity index (χ3n) is 5.41. The topological polar surface area (TPSA) is 37.6 Å². The van der Waals surface area contributed by atoms with Crippen LogP contribution in [0.5, 0.6) is 0 Å². The first-order valence-corrected chi connectivity index (χ1v) is 9.21. The van der Waals surface area contributed by atoms with E-state index in [1.807, 2.05) is 4.57 Å². The summed E-state index contributed by atoms with van der Waals surface area (Å²) in [6, 6.07) is 9.02. The van der Waals surface area contributed by atoms with Crippen molar-refractivity contribution in [1.29, 1.82) is 0 Å². The summed E-state index contributed by atoms with van der Waals surface area (Å²) in [6.07, 6.45) is 1.17. The predicted molar refractivity (Wildman–Crippen MR) is 102 cm³/mol. The fourth-order valence-corrected chi connectivity index (χ4v) is 4.22. The van der Waals surface area contributed by atoms with Crippen molar-refractivity contribution in [2.75, 3.05) is 26.7 Å². The molecule has 1 N–H and O–H groups in total. The minimum atomic E-state index is -0.996. The molecule has 144 valence electrons. The van der Waals surface area contributed by atoms with Gasteiger partial charge in [0.25, 0.3) is 0 Å². The summed E-state index contributed by atoms with van der Waals surface area (Å²) in [4.78, 5) is 2.20. The summed E-state index contributed by atoms with van der Waals surface area (Å²) in [7, 11) is 1.71. The highest BCUT2D eigenvalue weighted by Crippen LogP contribution is 2.32. The number of methoxy groups -OCH3 is 1. The number of ether oxygens (including phenoxy) is 1. The molecule has 1 aliphatic rings. The zero-order chi connectivity index (χ0) is 19.2. The molecule has 1 fully saturated rings. The largest absolute Gasteiger partial charge is 0.387 e. The van der Waals surface area contributed by atoms with Gasteiger partial charge in [-0.25, -0.2) is 8.78 Å². The summed E-state index contributed by atoms with van der Waals surface area (Å²) < 4.78 is 34.9. The Labute approximate surface area is 156 Å². The molecule has 4 nitrogen and oxygen atoms in total. The number of likely N-dealkylation sites (tertiary alicyclic amines) is 1. The number of nitrogens with zero attached hydrogens (tertiary/aromatic N) is 2. The normalized spacial score (nSPS) is 20.6. The monoisotopic (exact) mass is 374 g/mol. The molecule has 27 heavy (non-hydrogen) atoms. The molecular formula is C21H24F2N2O2. The fourth-order valence-electron chi connectivity index (χ4n) is 4.22. The maximum Gasteiger partial charge on any atom is 0.123 e. The molecule has 1 aromatic heterocycles. The van der Waals surface area contributed by atoms with E-state index >= 15 is 0 Å². The van der Waals surface area contributed by atoms with E-state index in [1.165, 1.54) is 24.3 Å². The minimum Gasteiger partial charge on any atom is -0.387 e. The van der Waals surface area contributed by atoms with E-state index in [2.05, 4.69) is 4.90 Å². The van der Waals surface area contributed by atoms with Gasteiger partial charge in [-0.1, -0.05) is 0 Å². The molecule has 0 bridgehead atoms. The van der Waals surface area contributed by atoms with Gasteiger partial charge in [0.05, 0.1) is 18.2 Å². The van der Waals surface area contributed by atoms with E-state index < -0.39 is 5.60 Å². The molecule has 0 saturated carbocycles. The summed E-state index contributed by atoms with van der Waals surface area (Å²) in [6.45, 7) is 4.33. The van der Waals surface area contributed by atoms with Crippen LogP contribution >= 0.6 is 0 Å². The van der Waals surface area contributed by atoms with E-state index in [9.17, 15) is 13.9 Å². The molecule has 0 radical (unpaired) electrons. The first kappa shape index (κ1) is 18.3. The Morgan fingerprint density at radius 2 is 1.67 bits per heavy atom. The molecule has 2 atom stereocenters. The molecule has 1 saturated heterocycles. The van der Waals surface area contributed by atoms with Gasteiger partial charge in [-0.3, -0.25) is 4.90 Å². The average molecular weight is 374 g/mol. The molecule has 2 aromatic carbocycles. The summed E-state index contributed by atoms with van der Waals surface area (Å²) in [5, 5.41) is 12.4. The van der Waals surface area contributed by atoms with Crippen molar-refractivity contribution < 1.29 is 18.6 Å². The number of rotatable bonds is 5. The summed E-state index contributed by atoms with van der Waals surface area (Å²) >= 11 is 0. The van der Waals surface area contributed by atoms with Crippen LogP contribution in [0.25, 0.3) is 21.8 Å². The third-order valence-corrected chi connectivity index (χ3v) is 5.41. The van der Waals surface area contributed by atoms with Crippen molar-refractivity contribution in [3.63, 3.8) is 0 Å². The van der Waals surface area contributed by atoms with Gasteiger partial charge in [0, 0.05) is 48.5 Å². The highest BCUT2D eigenvalue weighted by atomic mass is 19.1. The highest BCUT2D eigenvalue weighted by molar-refractivity contribution is 6.08. The maximum absolute atomic E-state index is 13.8. The molecule has 4 rings (SSSR count). The van der Waals surface area contributed by atoms with Gasteiger partial charge >= 0.3 is 0 Å². The van der Waals surface area contributed by atoms with Crippen molar-refractivity contribution in [1.82, 2.24) is 9.47 Å². The predicted octanol–water partition coefficient (Wildman–Crippen LogP) is 3.54. The molecule has 0 amide bonds. The number of hydrogen-bond donors (Lipinski definition) is 1. The Hall–Kier alpha value is -2.02. The fraction of sp³-hybridized carbons (Fsp3) is 0.429. The van der Waals surface area contributed by atoms with E-state index in [0.717, 1.165) is 30.5 Å². The second-order valence-electron chi connectivity index (χ2n) is 7.79. The lowest BCUT2D eigenvalue weighted by molar-refractivity contribution is 0.00830. The Morgan fingerprint density at radius 3 is 2.19 bits per heavy atom. The Balaban J connectivity index is 1.70. The molecule has 2 heterocycles. The zero-order valence-corrected chi connectivity index (χ0v) is 15.6. The number of halogens is 2. The van der Waals surface area contributed by atoms with Crippen molar-refractivity contribution >= 4 is 21.8 Å². The number of β-amino-alcohol motifs (C(OH)–C–C–N with tert-alkyl or cyclic N) is 1. The summed E-state index contributed by atoms with van der Waals surface area (Å²) in [5.41, 5.74) is 0.575. The van der Waals surface area contributed by atoms with Crippen LogP contribution in [0.4, 0.5) is 8.78 Å². The number of aliphatic hydroxyl groups is 1. The number of hydrogen-bond acceptors (Lipinski definition) is 3. The maximum atomic E-state index is 13.8. The van der Waals surface area contributed by atoms with Crippen LogP contribution in [0.2, 0.25) is 0 Å². The molecule has 3 aromatic rings. The molecule has 2 unspecified atom stereocenters. The van der Waals surface area contributed by atoms with Crippen molar-refractivity contribution in [3.05, 3.63) is 48.0 Å². The van der Waals surface area contributed by atoms with Gasteiger partial charge in [0.2, 0.25) is 0 Å². The van der Waals surface area contributed by atoms with E-state index in [1.54, 1.807) is 26.2 Å². The second kappa shape index (κ2) is 6.86. The Bertz CT molecular complexity index is 924. The van der Waals surface area contributed by atoms with Gasteiger partial charge < -0.3 is 14.4 Å². The van der Waals surface area contributed by atoms with E-state index in [-0.39, 0.29) is 17.7 Å². The van der Waals surface area contributed by atoms with Crippen LogP contribution in [0.3, 0.4) is 0 Å². The van der Waals surface area contributed by atoms with Crippen LogP contribution in [-0.4, -0.2) is 53.0 Å². The average Bonchev–Trinajstić information content (AvgIpc) is 3.17. The van der Waals surface area contributed by atoms with Crippen LogP contribution in [-0.2, 0) is 11.3 Å². The lowest BCUT2D eigenvalue weighted by Crippen LogP contribution is -2.43. The second-order valence-corrected chi connectivity index (χ2v) is 7.79. The Morgan fingerprint density at radius 1 is 1.07 bits per heavy atom. The zero-order valence-electron chi connectivity index (χ0n) is 15.6. The molecule has 0 aliphatic carbocycles.